The van der Waals surface area contributed by atoms with Gasteiger partial charge in [-0.25, -0.2) is 4.98 Å². The Hall–Kier alpha value is -2.23. The van der Waals surface area contributed by atoms with Crippen molar-refractivity contribution in [3.8, 4) is 5.88 Å². The number of nitrogens with zero attached hydrogens (tertiary/aromatic N) is 2. The molecule has 21 heavy (non-hydrogen) atoms. The first-order valence-corrected chi connectivity index (χ1v) is 7.43. The van der Waals surface area contributed by atoms with Gasteiger partial charge in [0, 0.05) is 31.5 Å². The SMILES string of the molecule is COc1ncccc1NCc1ccc(N2CCCC2)cc1. The van der Waals surface area contributed by atoms with Crippen molar-refractivity contribution in [3.05, 3.63) is 48.2 Å². The van der Waals surface area contributed by atoms with Crippen LogP contribution in [0.4, 0.5) is 11.4 Å². The quantitative estimate of drug-likeness (QED) is 0.913. The molecule has 0 aliphatic carbocycles. The minimum absolute atomic E-state index is 0.631. The van der Waals surface area contributed by atoms with Gasteiger partial charge >= 0.3 is 0 Å². The van der Waals surface area contributed by atoms with Gasteiger partial charge in [0.25, 0.3) is 0 Å². The minimum atomic E-state index is 0.631. The molecule has 0 bridgehead atoms. The van der Waals surface area contributed by atoms with Crippen molar-refractivity contribution >= 4 is 11.4 Å². The molecule has 0 unspecified atom stereocenters. The molecule has 1 saturated heterocycles. The summed E-state index contributed by atoms with van der Waals surface area (Å²) in [5.74, 6) is 0.631. The summed E-state index contributed by atoms with van der Waals surface area (Å²) in [4.78, 5) is 6.63. The van der Waals surface area contributed by atoms with Gasteiger partial charge in [0.2, 0.25) is 5.88 Å². The van der Waals surface area contributed by atoms with Crippen molar-refractivity contribution < 1.29 is 4.74 Å². The highest BCUT2D eigenvalue weighted by Gasteiger charge is 2.11. The molecule has 3 rings (SSSR count). The van der Waals surface area contributed by atoms with Crippen LogP contribution in [0.2, 0.25) is 0 Å². The number of ether oxygens (including phenoxy) is 1. The Morgan fingerprint density at radius 2 is 1.90 bits per heavy atom. The van der Waals surface area contributed by atoms with E-state index in [4.69, 9.17) is 4.74 Å². The largest absolute Gasteiger partial charge is 0.480 e. The van der Waals surface area contributed by atoms with E-state index in [1.807, 2.05) is 12.1 Å². The number of rotatable bonds is 5. The second-order valence-corrected chi connectivity index (χ2v) is 5.27. The maximum atomic E-state index is 5.24. The van der Waals surface area contributed by atoms with Gasteiger partial charge < -0.3 is 15.0 Å². The average molecular weight is 283 g/mol. The smallest absolute Gasteiger partial charge is 0.237 e. The molecule has 1 fully saturated rings. The maximum Gasteiger partial charge on any atom is 0.237 e. The Morgan fingerprint density at radius 1 is 1.14 bits per heavy atom. The Kier molecular flexibility index (Phi) is 4.24. The highest BCUT2D eigenvalue weighted by molar-refractivity contribution is 5.53. The van der Waals surface area contributed by atoms with Crippen molar-refractivity contribution in [2.45, 2.75) is 19.4 Å². The molecule has 2 aromatic rings. The molecular formula is C17H21N3O. The van der Waals surface area contributed by atoms with Crippen molar-refractivity contribution in [1.29, 1.82) is 0 Å². The number of anilines is 2. The van der Waals surface area contributed by atoms with E-state index >= 15 is 0 Å². The van der Waals surface area contributed by atoms with Crippen LogP contribution in [-0.2, 0) is 6.54 Å². The summed E-state index contributed by atoms with van der Waals surface area (Å²) in [5.41, 5.74) is 3.50. The lowest BCUT2D eigenvalue weighted by molar-refractivity contribution is 0.399. The zero-order chi connectivity index (χ0) is 14.5. The van der Waals surface area contributed by atoms with Gasteiger partial charge in [-0.3, -0.25) is 0 Å². The van der Waals surface area contributed by atoms with E-state index in [-0.39, 0.29) is 0 Å². The van der Waals surface area contributed by atoms with Gasteiger partial charge in [-0.2, -0.15) is 0 Å². The third-order valence-electron chi connectivity index (χ3n) is 3.86. The lowest BCUT2D eigenvalue weighted by Gasteiger charge is -2.18. The zero-order valence-corrected chi connectivity index (χ0v) is 12.4. The summed E-state index contributed by atoms with van der Waals surface area (Å²) < 4.78 is 5.24. The van der Waals surface area contributed by atoms with Gasteiger partial charge in [-0.05, 0) is 42.7 Å². The van der Waals surface area contributed by atoms with Crippen LogP contribution in [0.5, 0.6) is 5.88 Å². The van der Waals surface area contributed by atoms with E-state index in [1.165, 1.54) is 37.2 Å². The van der Waals surface area contributed by atoms with Crippen molar-refractivity contribution in [3.63, 3.8) is 0 Å². The number of nitrogens with one attached hydrogen (secondary N) is 1. The predicted molar refractivity (Wildman–Crippen MR) is 86.0 cm³/mol. The lowest BCUT2D eigenvalue weighted by atomic mass is 10.2. The fourth-order valence-electron chi connectivity index (χ4n) is 2.69. The van der Waals surface area contributed by atoms with Crippen LogP contribution in [0.3, 0.4) is 0 Å². The van der Waals surface area contributed by atoms with Crippen LogP contribution >= 0.6 is 0 Å². The molecule has 2 heterocycles. The Bertz CT molecular complexity index is 577. The van der Waals surface area contributed by atoms with E-state index < -0.39 is 0 Å². The standard InChI is InChI=1S/C17H21N3O/c1-21-17-16(5-4-10-18-17)19-13-14-6-8-15(9-7-14)20-11-2-3-12-20/h4-10,19H,2-3,11-13H2,1H3. The predicted octanol–water partition coefficient (Wildman–Crippen LogP) is 3.30. The van der Waals surface area contributed by atoms with Crippen LogP contribution < -0.4 is 15.0 Å². The molecule has 110 valence electrons. The molecule has 0 saturated carbocycles. The molecule has 1 aromatic heterocycles. The summed E-state index contributed by atoms with van der Waals surface area (Å²) >= 11 is 0. The first-order chi connectivity index (χ1) is 10.4. The number of hydrogen-bond donors (Lipinski definition) is 1. The molecule has 0 spiro atoms. The Labute approximate surface area is 125 Å². The van der Waals surface area contributed by atoms with Crippen LogP contribution in [-0.4, -0.2) is 25.2 Å². The van der Waals surface area contributed by atoms with Gasteiger partial charge in [0.15, 0.2) is 0 Å². The maximum absolute atomic E-state index is 5.24. The molecule has 1 aromatic carbocycles. The van der Waals surface area contributed by atoms with Crippen LogP contribution in [0.1, 0.15) is 18.4 Å². The number of hydrogen-bond acceptors (Lipinski definition) is 4. The van der Waals surface area contributed by atoms with E-state index in [0.29, 0.717) is 5.88 Å². The van der Waals surface area contributed by atoms with Crippen molar-refractivity contribution in [1.82, 2.24) is 4.98 Å². The van der Waals surface area contributed by atoms with Crippen LogP contribution in [0, 0.1) is 0 Å². The molecule has 4 nitrogen and oxygen atoms in total. The zero-order valence-electron chi connectivity index (χ0n) is 12.4. The molecule has 0 atom stereocenters. The number of pyridine rings is 1. The molecule has 4 heteroatoms. The molecule has 1 N–H and O–H groups in total. The second kappa shape index (κ2) is 6.48. The second-order valence-electron chi connectivity index (χ2n) is 5.27. The molecule has 1 aliphatic heterocycles. The number of aromatic nitrogens is 1. The number of methoxy groups -OCH3 is 1. The Morgan fingerprint density at radius 3 is 2.62 bits per heavy atom. The summed E-state index contributed by atoms with van der Waals surface area (Å²) in [6.45, 7) is 3.14. The summed E-state index contributed by atoms with van der Waals surface area (Å²) in [7, 11) is 1.64. The van der Waals surface area contributed by atoms with Gasteiger partial charge in [-0.1, -0.05) is 12.1 Å². The fourth-order valence-corrected chi connectivity index (χ4v) is 2.69. The Balaban J connectivity index is 1.62. The third kappa shape index (κ3) is 3.27. The molecular weight excluding hydrogens is 262 g/mol. The summed E-state index contributed by atoms with van der Waals surface area (Å²) in [6.07, 6.45) is 4.35. The topological polar surface area (TPSA) is 37.4 Å². The van der Waals surface area contributed by atoms with Gasteiger partial charge in [0.05, 0.1) is 12.8 Å². The van der Waals surface area contributed by atoms with E-state index in [1.54, 1.807) is 13.3 Å². The van der Waals surface area contributed by atoms with Crippen molar-refractivity contribution in [2.24, 2.45) is 0 Å². The minimum Gasteiger partial charge on any atom is -0.480 e. The highest BCUT2D eigenvalue weighted by Crippen LogP contribution is 2.23. The van der Waals surface area contributed by atoms with Gasteiger partial charge in [0.1, 0.15) is 0 Å². The van der Waals surface area contributed by atoms with E-state index in [0.717, 1.165) is 12.2 Å². The number of benzene rings is 1. The fraction of sp³-hybridized carbons (Fsp3) is 0.353. The molecule has 1 aliphatic rings. The third-order valence-corrected chi connectivity index (χ3v) is 3.86. The first-order valence-electron chi connectivity index (χ1n) is 7.43. The molecule has 0 radical (unpaired) electrons. The van der Waals surface area contributed by atoms with Gasteiger partial charge in [-0.15, -0.1) is 0 Å². The van der Waals surface area contributed by atoms with E-state index in [2.05, 4.69) is 39.5 Å². The normalized spacial score (nSPS) is 14.2. The lowest BCUT2D eigenvalue weighted by Crippen LogP contribution is -2.17. The monoisotopic (exact) mass is 283 g/mol. The first kappa shape index (κ1) is 13.7. The van der Waals surface area contributed by atoms with Crippen LogP contribution in [0.15, 0.2) is 42.6 Å². The molecule has 0 amide bonds. The summed E-state index contributed by atoms with van der Waals surface area (Å²) in [6, 6.07) is 12.7. The van der Waals surface area contributed by atoms with Crippen molar-refractivity contribution in [2.75, 3.05) is 30.4 Å². The van der Waals surface area contributed by atoms with Crippen LogP contribution in [0.25, 0.3) is 0 Å². The summed E-state index contributed by atoms with van der Waals surface area (Å²) in [5, 5.41) is 3.37. The highest BCUT2D eigenvalue weighted by atomic mass is 16.5. The average Bonchev–Trinajstić information content (AvgIpc) is 3.08. The van der Waals surface area contributed by atoms with E-state index in [9.17, 15) is 0 Å².